The topological polar surface area (TPSA) is 26.3 Å². The van der Waals surface area contributed by atoms with Crippen LogP contribution in [0.25, 0.3) is 0 Å². The van der Waals surface area contributed by atoms with Crippen LogP contribution in [0.2, 0.25) is 5.02 Å². The Balaban J connectivity index is 3.23. The number of ether oxygens (including phenoxy) is 1. The third-order valence-electron chi connectivity index (χ3n) is 2.34. The van der Waals surface area contributed by atoms with E-state index in [1.165, 1.54) is 6.07 Å². The summed E-state index contributed by atoms with van der Waals surface area (Å²) in [4.78, 5) is 11.5. The quantitative estimate of drug-likeness (QED) is 0.618. The van der Waals surface area contributed by atoms with Crippen molar-refractivity contribution in [2.24, 2.45) is 0 Å². The van der Waals surface area contributed by atoms with Crippen molar-refractivity contribution in [3.05, 3.63) is 34.3 Å². The molecule has 0 aliphatic carbocycles. The Hall–Kier alpha value is -0.800. The van der Waals surface area contributed by atoms with E-state index in [0.717, 1.165) is 0 Å². The number of esters is 1. The normalized spacial score (nSPS) is 14.2. The molecule has 0 bridgehead atoms. The van der Waals surface area contributed by atoms with E-state index in [9.17, 15) is 9.18 Å². The number of carbonyl (C=O) groups is 1. The summed E-state index contributed by atoms with van der Waals surface area (Å²) in [6, 6.07) is 4.61. The van der Waals surface area contributed by atoms with E-state index < -0.39 is 11.1 Å². The third-order valence-corrected chi connectivity index (χ3v) is 3.05. The molecule has 0 saturated carbocycles. The molecule has 0 heterocycles. The Bertz CT molecular complexity index is 419. The lowest BCUT2D eigenvalue weighted by Crippen LogP contribution is -2.28. The molecule has 1 unspecified atom stereocenters. The molecule has 0 aliphatic rings. The van der Waals surface area contributed by atoms with Crippen molar-refractivity contribution >= 4 is 29.2 Å². The highest BCUT2D eigenvalue weighted by Gasteiger charge is 2.41. The number of alkyl halides is 2. The van der Waals surface area contributed by atoms with Crippen molar-refractivity contribution in [3.63, 3.8) is 0 Å². The number of rotatable bonds is 4. The standard InChI is InChI=1S/C12H13Cl2FO2/c1-3-8-9(6-5-7-10(8)13)12(14,15)11(16)17-4-2/h5-7H,3-4H2,1-2H3. The summed E-state index contributed by atoms with van der Waals surface area (Å²) < 4.78 is 18.9. The zero-order valence-electron chi connectivity index (χ0n) is 9.60. The maximum Gasteiger partial charge on any atom is 0.364 e. The Morgan fingerprint density at radius 3 is 2.65 bits per heavy atom. The molecule has 0 radical (unpaired) electrons. The second kappa shape index (κ2) is 5.69. The second-order valence-corrected chi connectivity index (χ2v) is 4.34. The van der Waals surface area contributed by atoms with Crippen molar-refractivity contribution in [3.8, 4) is 0 Å². The van der Waals surface area contributed by atoms with Crippen LogP contribution in [0.3, 0.4) is 0 Å². The van der Waals surface area contributed by atoms with Gasteiger partial charge in [0.15, 0.2) is 0 Å². The van der Waals surface area contributed by atoms with Gasteiger partial charge in [-0.1, -0.05) is 42.3 Å². The molecule has 0 saturated heterocycles. The van der Waals surface area contributed by atoms with Gasteiger partial charge in [-0.05, 0) is 25.0 Å². The molecule has 0 fully saturated rings. The van der Waals surface area contributed by atoms with Gasteiger partial charge in [0.05, 0.1) is 6.61 Å². The van der Waals surface area contributed by atoms with Crippen LogP contribution in [-0.2, 0) is 21.1 Å². The van der Waals surface area contributed by atoms with Crippen LogP contribution in [0.5, 0.6) is 0 Å². The fourth-order valence-electron chi connectivity index (χ4n) is 1.54. The van der Waals surface area contributed by atoms with Gasteiger partial charge >= 0.3 is 11.1 Å². The number of halogens is 3. The van der Waals surface area contributed by atoms with E-state index in [-0.39, 0.29) is 12.2 Å². The first-order valence-electron chi connectivity index (χ1n) is 5.28. The molecule has 0 amide bonds. The molecule has 1 aromatic carbocycles. The van der Waals surface area contributed by atoms with Crippen LogP contribution in [-0.4, -0.2) is 12.6 Å². The van der Waals surface area contributed by atoms with Crippen LogP contribution >= 0.6 is 23.2 Å². The molecule has 17 heavy (non-hydrogen) atoms. The molecule has 2 nitrogen and oxygen atoms in total. The summed E-state index contributed by atoms with van der Waals surface area (Å²) in [7, 11) is 0. The number of hydrogen-bond acceptors (Lipinski definition) is 2. The fraction of sp³-hybridized carbons (Fsp3) is 0.417. The first-order chi connectivity index (χ1) is 7.95. The van der Waals surface area contributed by atoms with Gasteiger partial charge in [0, 0.05) is 10.6 Å². The molecular formula is C12H13Cl2FO2. The highest BCUT2D eigenvalue weighted by atomic mass is 35.5. The summed E-state index contributed by atoms with van der Waals surface area (Å²) in [5, 5.41) is -2.30. The average Bonchev–Trinajstić information content (AvgIpc) is 2.29. The van der Waals surface area contributed by atoms with Gasteiger partial charge in [-0.25, -0.2) is 9.18 Å². The Kier molecular flexibility index (Phi) is 4.78. The number of hydrogen-bond donors (Lipinski definition) is 0. The highest BCUT2D eigenvalue weighted by molar-refractivity contribution is 6.34. The van der Waals surface area contributed by atoms with E-state index in [0.29, 0.717) is 17.0 Å². The van der Waals surface area contributed by atoms with E-state index in [1.54, 1.807) is 19.1 Å². The van der Waals surface area contributed by atoms with Gasteiger partial charge in [0.25, 0.3) is 0 Å². The van der Waals surface area contributed by atoms with Gasteiger partial charge in [-0.2, -0.15) is 0 Å². The molecular weight excluding hydrogens is 266 g/mol. The van der Waals surface area contributed by atoms with Crippen molar-refractivity contribution < 1.29 is 13.9 Å². The minimum Gasteiger partial charge on any atom is -0.462 e. The summed E-state index contributed by atoms with van der Waals surface area (Å²) in [6.07, 6.45) is 0.479. The third kappa shape index (κ3) is 2.90. The number of benzene rings is 1. The van der Waals surface area contributed by atoms with E-state index in [2.05, 4.69) is 4.74 Å². The fourth-order valence-corrected chi connectivity index (χ4v) is 2.08. The Labute approximate surface area is 110 Å². The zero-order valence-corrected chi connectivity index (χ0v) is 11.1. The molecule has 0 N–H and O–H groups in total. The van der Waals surface area contributed by atoms with Crippen LogP contribution in [0, 0.1) is 0 Å². The molecule has 0 aromatic heterocycles. The first-order valence-corrected chi connectivity index (χ1v) is 6.03. The van der Waals surface area contributed by atoms with Gasteiger partial charge in [0.1, 0.15) is 0 Å². The maximum atomic E-state index is 14.3. The van der Waals surface area contributed by atoms with Crippen molar-refractivity contribution in [1.29, 1.82) is 0 Å². The molecule has 1 atom stereocenters. The summed E-state index contributed by atoms with van der Waals surface area (Å²) in [5.74, 6) is -1.11. The Morgan fingerprint density at radius 1 is 1.47 bits per heavy atom. The summed E-state index contributed by atoms with van der Waals surface area (Å²) in [5.41, 5.74) is 0.562. The second-order valence-electron chi connectivity index (χ2n) is 3.41. The van der Waals surface area contributed by atoms with Gasteiger partial charge in [-0.3, -0.25) is 0 Å². The molecule has 1 rings (SSSR count). The smallest absolute Gasteiger partial charge is 0.364 e. The zero-order chi connectivity index (χ0) is 13.1. The molecule has 0 aliphatic heterocycles. The van der Waals surface area contributed by atoms with Crippen LogP contribution < -0.4 is 0 Å². The lowest BCUT2D eigenvalue weighted by molar-refractivity contribution is -0.152. The minimum absolute atomic E-state index is 0.0487. The van der Waals surface area contributed by atoms with Crippen molar-refractivity contribution in [1.82, 2.24) is 0 Å². The van der Waals surface area contributed by atoms with Gasteiger partial charge in [-0.15, -0.1) is 0 Å². The number of carbonyl (C=O) groups excluding carboxylic acids is 1. The van der Waals surface area contributed by atoms with Crippen molar-refractivity contribution in [2.75, 3.05) is 6.61 Å². The van der Waals surface area contributed by atoms with E-state index >= 15 is 0 Å². The minimum atomic E-state index is -2.69. The average molecular weight is 279 g/mol. The largest absolute Gasteiger partial charge is 0.462 e. The van der Waals surface area contributed by atoms with Crippen LogP contribution in [0.15, 0.2) is 18.2 Å². The molecule has 94 valence electrons. The van der Waals surface area contributed by atoms with Gasteiger partial charge in [0.2, 0.25) is 0 Å². The maximum absolute atomic E-state index is 14.3. The van der Waals surface area contributed by atoms with Crippen molar-refractivity contribution in [2.45, 2.75) is 25.4 Å². The van der Waals surface area contributed by atoms with E-state index in [1.807, 2.05) is 6.92 Å². The predicted octanol–water partition coefficient (Wildman–Crippen LogP) is 3.83. The Morgan fingerprint density at radius 2 is 2.12 bits per heavy atom. The predicted molar refractivity (Wildman–Crippen MR) is 66.1 cm³/mol. The van der Waals surface area contributed by atoms with Gasteiger partial charge < -0.3 is 4.74 Å². The molecule has 0 spiro atoms. The first kappa shape index (κ1) is 14.3. The lowest BCUT2D eigenvalue weighted by Gasteiger charge is -2.20. The molecule has 1 aromatic rings. The highest BCUT2D eigenvalue weighted by Crippen LogP contribution is 2.37. The summed E-state index contributed by atoms with van der Waals surface area (Å²) in [6.45, 7) is 3.46. The molecule has 5 heteroatoms. The SMILES string of the molecule is CCOC(=O)C(F)(Cl)c1cccc(Cl)c1CC. The lowest BCUT2D eigenvalue weighted by atomic mass is 10.0. The monoisotopic (exact) mass is 278 g/mol. The van der Waals surface area contributed by atoms with Crippen LogP contribution in [0.4, 0.5) is 4.39 Å². The summed E-state index contributed by atoms with van der Waals surface area (Å²) >= 11 is 11.6. The van der Waals surface area contributed by atoms with Crippen LogP contribution in [0.1, 0.15) is 25.0 Å². The van der Waals surface area contributed by atoms with E-state index in [4.69, 9.17) is 23.2 Å².